The van der Waals surface area contributed by atoms with Gasteiger partial charge < -0.3 is 19.9 Å². The van der Waals surface area contributed by atoms with Gasteiger partial charge in [-0.05, 0) is 18.2 Å². The highest BCUT2D eigenvalue weighted by Crippen LogP contribution is 2.28. The van der Waals surface area contributed by atoms with Crippen molar-refractivity contribution in [3.8, 4) is 17.1 Å². The molecule has 0 radical (unpaired) electrons. The van der Waals surface area contributed by atoms with Gasteiger partial charge in [0.2, 0.25) is 17.6 Å². The highest BCUT2D eigenvalue weighted by Gasteiger charge is 2.15. The van der Waals surface area contributed by atoms with Crippen molar-refractivity contribution in [3.05, 3.63) is 53.9 Å². The summed E-state index contributed by atoms with van der Waals surface area (Å²) in [5, 5.41) is 8.92. The standard InChI is InChI=1S/C18H16F2N4O3/c1-10(25)22-15-8-14(12(19)7-13(15)20)21-9-17-23-18(24-27-17)11-5-3-4-6-16(11)26-2/h3-8,21H,9H2,1-2H3,(H,22,25). The summed E-state index contributed by atoms with van der Waals surface area (Å²) in [6.45, 7) is 1.23. The van der Waals surface area contributed by atoms with Gasteiger partial charge in [-0.3, -0.25) is 4.79 Å². The Morgan fingerprint density at radius 1 is 1.19 bits per heavy atom. The maximum Gasteiger partial charge on any atom is 0.246 e. The maximum atomic E-state index is 13.9. The zero-order chi connectivity index (χ0) is 19.4. The first kappa shape index (κ1) is 18.3. The summed E-state index contributed by atoms with van der Waals surface area (Å²) < 4.78 is 38.0. The van der Waals surface area contributed by atoms with Crippen molar-refractivity contribution < 1.29 is 22.8 Å². The van der Waals surface area contributed by atoms with Crippen molar-refractivity contribution in [2.75, 3.05) is 17.7 Å². The molecule has 0 aliphatic rings. The van der Waals surface area contributed by atoms with E-state index >= 15 is 0 Å². The summed E-state index contributed by atoms with van der Waals surface area (Å²) in [6.07, 6.45) is 0. The Morgan fingerprint density at radius 3 is 2.67 bits per heavy atom. The van der Waals surface area contributed by atoms with E-state index in [4.69, 9.17) is 9.26 Å². The number of aromatic nitrogens is 2. The van der Waals surface area contributed by atoms with E-state index in [0.29, 0.717) is 23.2 Å². The molecule has 0 fully saturated rings. The molecule has 2 N–H and O–H groups in total. The second-order valence-corrected chi connectivity index (χ2v) is 5.56. The van der Waals surface area contributed by atoms with Crippen molar-refractivity contribution in [2.45, 2.75) is 13.5 Å². The molecule has 3 rings (SSSR count). The van der Waals surface area contributed by atoms with E-state index in [1.807, 2.05) is 12.1 Å². The van der Waals surface area contributed by atoms with Gasteiger partial charge in [0.05, 0.1) is 30.6 Å². The Hall–Kier alpha value is -3.49. The number of nitrogens with one attached hydrogen (secondary N) is 2. The van der Waals surface area contributed by atoms with Crippen LogP contribution in [0.5, 0.6) is 5.75 Å². The molecule has 0 saturated heterocycles. The van der Waals surface area contributed by atoms with Gasteiger partial charge in [0, 0.05) is 13.0 Å². The molecule has 0 saturated carbocycles. The molecule has 1 amide bonds. The Balaban J connectivity index is 1.76. The Bertz CT molecular complexity index is 975. The lowest BCUT2D eigenvalue weighted by molar-refractivity contribution is -0.114. The maximum absolute atomic E-state index is 13.9. The van der Waals surface area contributed by atoms with Crippen LogP contribution >= 0.6 is 0 Å². The van der Waals surface area contributed by atoms with Gasteiger partial charge in [-0.1, -0.05) is 17.3 Å². The first-order chi connectivity index (χ1) is 13.0. The lowest BCUT2D eigenvalue weighted by Gasteiger charge is -2.09. The molecule has 3 aromatic rings. The molecule has 0 bridgehead atoms. The van der Waals surface area contributed by atoms with Crippen molar-refractivity contribution >= 4 is 17.3 Å². The predicted molar refractivity (Wildman–Crippen MR) is 94.3 cm³/mol. The normalized spacial score (nSPS) is 10.5. The minimum absolute atomic E-state index is 0.00418. The molecule has 2 aromatic carbocycles. The number of halogens is 2. The minimum Gasteiger partial charge on any atom is -0.496 e. The summed E-state index contributed by atoms with van der Waals surface area (Å²) in [5.74, 6) is -1.05. The number of nitrogens with zero attached hydrogens (tertiary/aromatic N) is 2. The van der Waals surface area contributed by atoms with E-state index in [1.165, 1.54) is 14.0 Å². The van der Waals surface area contributed by atoms with E-state index in [-0.39, 0.29) is 23.8 Å². The molecular formula is C18H16F2N4O3. The molecule has 140 valence electrons. The molecule has 27 heavy (non-hydrogen) atoms. The largest absolute Gasteiger partial charge is 0.496 e. The number of amides is 1. The number of anilines is 2. The molecule has 0 spiro atoms. The average molecular weight is 374 g/mol. The summed E-state index contributed by atoms with van der Waals surface area (Å²) in [5.41, 5.74) is 0.500. The molecule has 0 aliphatic carbocycles. The SMILES string of the molecule is COc1ccccc1-c1noc(CNc2cc(NC(C)=O)c(F)cc2F)n1. The van der Waals surface area contributed by atoms with E-state index in [9.17, 15) is 13.6 Å². The fourth-order valence-corrected chi connectivity index (χ4v) is 2.41. The van der Waals surface area contributed by atoms with Crippen molar-refractivity contribution in [1.29, 1.82) is 0 Å². The second kappa shape index (κ2) is 7.81. The van der Waals surface area contributed by atoms with Crippen LogP contribution in [-0.2, 0) is 11.3 Å². The van der Waals surface area contributed by atoms with Gasteiger partial charge in [-0.25, -0.2) is 8.78 Å². The first-order valence-corrected chi connectivity index (χ1v) is 7.94. The number of rotatable bonds is 6. The van der Waals surface area contributed by atoms with Gasteiger partial charge in [-0.15, -0.1) is 0 Å². The number of benzene rings is 2. The van der Waals surface area contributed by atoms with E-state index in [1.54, 1.807) is 12.1 Å². The highest BCUT2D eigenvalue weighted by atomic mass is 19.1. The third kappa shape index (κ3) is 4.20. The fraction of sp³-hybridized carbons (Fsp3) is 0.167. The predicted octanol–water partition coefficient (Wildman–Crippen LogP) is 3.59. The number of ether oxygens (including phenoxy) is 1. The number of para-hydroxylation sites is 1. The minimum atomic E-state index is -0.871. The number of carbonyl (C=O) groups excluding carboxylic acids is 1. The van der Waals surface area contributed by atoms with Gasteiger partial charge in [0.25, 0.3) is 0 Å². The van der Waals surface area contributed by atoms with Crippen LogP contribution in [0.2, 0.25) is 0 Å². The van der Waals surface area contributed by atoms with Crippen LogP contribution in [-0.4, -0.2) is 23.2 Å². The second-order valence-electron chi connectivity index (χ2n) is 5.56. The van der Waals surface area contributed by atoms with E-state index < -0.39 is 17.5 Å². The lowest BCUT2D eigenvalue weighted by atomic mass is 10.2. The highest BCUT2D eigenvalue weighted by molar-refractivity contribution is 5.89. The average Bonchev–Trinajstić information content (AvgIpc) is 3.11. The Kier molecular flexibility index (Phi) is 5.30. The monoisotopic (exact) mass is 374 g/mol. The van der Waals surface area contributed by atoms with Gasteiger partial charge in [0.15, 0.2) is 0 Å². The van der Waals surface area contributed by atoms with Crippen LogP contribution in [0, 0.1) is 11.6 Å². The van der Waals surface area contributed by atoms with Crippen LogP contribution < -0.4 is 15.4 Å². The lowest BCUT2D eigenvalue weighted by Crippen LogP contribution is -2.09. The first-order valence-electron chi connectivity index (χ1n) is 7.94. The molecule has 0 unspecified atom stereocenters. The molecule has 0 aliphatic heterocycles. The zero-order valence-electron chi connectivity index (χ0n) is 14.5. The van der Waals surface area contributed by atoms with E-state index in [2.05, 4.69) is 20.8 Å². The number of carbonyl (C=O) groups is 1. The number of methoxy groups -OCH3 is 1. The molecule has 1 heterocycles. The van der Waals surface area contributed by atoms with E-state index in [0.717, 1.165) is 6.07 Å². The summed E-state index contributed by atoms with van der Waals surface area (Å²) in [7, 11) is 1.53. The van der Waals surface area contributed by atoms with Crippen molar-refractivity contribution in [3.63, 3.8) is 0 Å². The third-order valence-corrected chi connectivity index (χ3v) is 3.61. The Labute approximate surface area is 153 Å². The van der Waals surface area contributed by atoms with Crippen LogP contribution in [0.1, 0.15) is 12.8 Å². The molecule has 1 aromatic heterocycles. The molecule has 9 heteroatoms. The molecule has 7 nitrogen and oxygen atoms in total. The van der Waals surface area contributed by atoms with Crippen LogP contribution in [0.4, 0.5) is 20.2 Å². The third-order valence-electron chi connectivity index (χ3n) is 3.61. The zero-order valence-corrected chi connectivity index (χ0v) is 14.5. The van der Waals surface area contributed by atoms with Gasteiger partial charge in [0.1, 0.15) is 17.4 Å². The quantitative estimate of drug-likeness (QED) is 0.685. The van der Waals surface area contributed by atoms with Crippen LogP contribution in [0.15, 0.2) is 40.9 Å². The molecular weight excluding hydrogens is 358 g/mol. The topological polar surface area (TPSA) is 89.3 Å². The molecule has 0 atom stereocenters. The van der Waals surface area contributed by atoms with Gasteiger partial charge in [-0.2, -0.15) is 4.98 Å². The summed E-state index contributed by atoms with van der Waals surface area (Å²) in [4.78, 5) is 15.3. The summed E-state index contributed by atoms with van der Waals surface area (Å²) in [6, 6.07) is 9.00. The summed E-state index contributed by atoms with van der Waals surface area (Å²) >= 11 is 0. The smallest absolute Gasteiger partial charge is 0.246 e. The Morgan fingerprint density at radius 2 is 1.93 bits per heavy atom. The number of hydrogen-bond acceptors (Lipinski definition) is 6. The van der Waals surface area contributed by atoms with Crippen LogP contribution in [0.25, 0.3) is 11.4 Å². The van der Waals surface area contributed by atoms with Crippen molar-refractivity contribution in [2.24, 2.45) is 0 Å². The number of hydrogen-bond donors (Lipinski definition) is 2. The van der Waals surface area contributed by atoms with Crippen LogP contribution in [0.3, 0.4) is 0 Å². The van der Waals surface area contributed by atoms with Crippen molar-refractivity contribution in [1.82, 2.24) is 10.1 Å². The van der Waals surface area contributed by atoms with Gasteiger partial charge >= 0.3 is 0 Å². The fourth-order valence-electron chi connectivity index (χ4n) is 2.41.